The molecule has 20 heavy (non-hydrogen) atoms. The third-order valence-electron chi connectivity index (χ3n) is 2.65. The lowest BCUT2D eigenvalue weighted by Gasteiger charge is -2.11. The summed E-state index contributed by atoms with van der Waals surface area (Å²) in [5.74, 6) is -1.55. The van der Waals surface area contributed by atoms with Gasteiger partial charge >= 0.3 is 5.97 Å². The van der Waals surface area contributed by atoms with Crippen molar-refractivity contribution in [2.75, 3.05) is 5.32 Å². The van der Waals surface area contributed by atoms with Crippen LogP contribution in [0.1, 0.15) is 31.4 Å². The first-order valence-electron chi connectivity index (χ1n) is 5.65. The second kappa shape index (κ2) is 5.72. The van der Waals surface area contributed by atoms with E-state index in [0.29, 0.717) is 5.69 Å². The fourth-order valence-electron chi connectivity index (χ4n) is 1.75. The highest BCUT2D eigenvalue weighted by atomic mass is 79.9. The highest BCUT2D eigenvalue weighted by molar-refractivity contribution is 9.10. The summed E-state index contributed by atoms with van der Waals surface area (Å²) in [6.07, 6.45) is 0. The minimum Gasteiger partial charge on any atom is -0.476 e. The molecule has 0 radical (unpaired) electrons. The molecule has 0 unspecified atom stereocenters. The average molecular weight is 355 g/mol. The number of thiazole rings is 1. The number of nitrogens with zero attached hydrogens (tertiary/aromatic N) is 1. The molecule has 0 aliphatic heterocycles. The predicted octanol–water partition coefficient (Wildman–Crippen LogP) is 3.47. The van der Waals surface area contributed by atoms with Crippen LogP contribution < -0.4 is 5.32 Å². The summed E-state index contributed by atoms with van der Waals surface area (Å²) < 4.78 is 0.938. The molecule has 0 saturated heterocycles. The van der Waals surface area contributed by atoms with Crippen LogP contribution in [0, 0.1) is 13.8 Å². The standard InChI is InChI=1S/C13H11BrN2O3S/c1-6-3-8(14)4-7(2)10(6)16-11(17)12-15-9(5-20-12)13(18)19/h3-5H,1-2H3,(H,16,17)(H,18,19). The van der Waals surface area contributed by atoms with Crippen molar-refractivity contribution < 1.29 is 14.7 Å². The maximum atomic E-state index is 12.1. The van der Waals surface area contributed by atoms with Gasteiger partial charge in [-0.15, -0.1) is 11.3 Å². The summed E-state index contributed by atoms with van der Waals surface area (Å²) in [6, 6.07) is 3.79. The van der Waals surface area contributed by atoms with E-state index in [2.05, 4.69) is 26.2 Å². The van der Waals surface area contributed by atoms with Crippen LogP contribution in [0.4, 0.5) is 5.69 Å². The Morgan fingerprint density at radius 3 is 2.40 bits per heavy atom. The molecule has 2 N–H and O–H groups in total. The van der Waals surface area contributed by atoms with Crippen LogP contribution in [0.2, 0.25) is 0 Å². The van der Waals surface area contributed by atoms with Gasteiger partial charge in [0, 0.05) is 15.5 Å². The minimum atomic E-state index is -1.14. The Kier molecular flexibility index (Phi) is 4.20. The average Bonchev–Trinajstić information content (AvgIpc) is 2.83. The van der Waals surface area contributed by atoms with Gasteiger partial charge in [0.05, 0.1) is 0 Å². The van der Waals surface area contributed by atoms with Crippen molar-refractivity contribution in [2.45, 2.75) is 13.8 Å². The summed E-state index contributed by atoms with van der Waals surface area (Å²) in [6.45, 7) is 3.77. The maximum absolute atomic E-state index is 12.1. The van der Waals surface area contributed by atoms with Gasteiger partial charge in [-0.1, -0.05) is 15.9 Å². The zero-order valence-corrected chi connectivity index (χ0v) is 13.1. The molecule has 0 aliphatic carbocycles. The number of halogens is 1. The number of aromatic nitrogens is 1. The number of benzene rings is 1. The Bertz CT molecular complexity index is 674. The van der Waals surface area contributed by atoms with Crippen molar-refractivity contribution in [3.8, 4) is 0 Å². The van der Waals surface area contributed by atoms with Crippen LogP contribution in [-0.4, -0.2) is 22.0 Å². The van der Waals surface area contributed by atoms with E-state index < -0.39 is 11.9 Å². The van der Waals surface area contributed by atoms with Gasteiger partial charge in [-0.2, -0.15) is 0 Å². The number of carbonyl (C=O) groups is 2. The molecule has 2 rings (SSSR count). The lowest BCUT2D eigenvalue weighted by Crippen LogP contribution is -2.14. The first-order valence-corrected chi connectivity index (χ1v) is 7.32. The van der Waals surface area contributed by atoms with Crippen LogP contribution in [0.5, 0.6) is 0 Å². The van der Waals surface area contributed by atoms with E-state index in [9.17, 15) is 9.59 Å². The number of aromatic carboxylic acids is 1. The van der Waals surface area contributed by atoms with E-state index >= 15 is 0 Å². The Balaban J connectivity index is 2.25. The molecule has 5 nitrogen and oxygen atoms in total. The number of rotatable bonds is 3. The second-order valence-corrected chi connectivity index (χ2v) is 5.99. The molecular weight excluding hydrogens is 344 g/mol. The Morgan fingerprint density at radius 1 is 1.30 bits per heavy atom. The topological polar surface area (TPSA) is 79.3 Å². The van der Waals surface area contributed by atoms with E-state index in [0.717, 1.165) is 26.9 Å². The lowest BCUT2D eigenvalue weighted by molar-refractivity contribution is 0.0691. The molecule has 0 fully saturated rings. The molecule has 0 spiro atoms. The molecule has 1 amide bonds. The number of hydrogen-bond donors (Lipinski definition) is 2. The van der Waals surface area contributed by atoms with Crippen molar-refractivity contribution >= 4 is 44.8 Å². The number of nitrogens with one attached hydrogen (secondary N) is 1. The highest BCUT2D eigenvalue weighted by Crippen LogP contribution is 2.25. The van der Waals surface area contributed by atoms with Gasteiger partial charge < -0.3 is 10.4 Å². The molecule has 0 aliphatic rings. The van der Waals surface area contributed by atoms with E-state index in [1.807, 2.05) is 26.0 Å². The molecule has 0 saturated carbocycles. The minimum absolute atomic E-state index is 0.121. The predicted molar refractivity (Wildman–Crippen MR) is 80.6 cm³/mol. The Hall–Kier alpha value is -1.73. The first-order chi connectivity index (χ1) is 9.38. The van der Waals surface area contributed by atoms with Crippen molar-refractivity contribution in [3.63, 3.8) is 0 Å². The molecule has 7 heteroatoms. The van der Waals surface area contributed by atoms with E-state index in [1.165, 1.54) is 5.38 Å². The summed E-state index contributed by atoms with van der Waals surface area (Å²) in [5, 5.41) is 13.0. The summed E-state index contributed by atoms with van der Waals surface area (Å²) in [7, 11) is 0. The number of amides is 1. The van der Waals surface area contributed by atoms with Gasteiger partial charge in [0.15, 0.2) is 10.7 Å². The van der Waals surface area contributed by atoms with Gasteiger partial charge in [0.1, 0.15) is 0 Å². The SMILES string of the molecule is Cc1cc(Br)cc(C)c1NC(=O)c1nc(C(=O)O)cs1. The van der Waals surface area contributed by atoms with E-state index in [4.69, 9.17) is 5.11 Å². The van der Waals surface area contributed by atoms with Crippen molar-refractivity contribution in [2.24, 2.45) is 0 Å². The number of aryl methyl sites for hydroxylation is 2. The summed E-state index contributed by atoms with van der Waals surface area (Å²) >= 11 is 4.40. The molecular formula is C13H11BrN2O3S. The number of hydrogen-bond acceptors (Lipinski definition) is 4. The number of carboxylic acid groups (broad SMARTS) is 1. The zero-order chi connectivity index (χ0) is 14.9. The van der Waals surface area contributed by atoms with Crippen molar-refractivity contribution in [1.29, 1.82) is 0 Å². The number of carboxylic acids is 1. The molecule has 1 aromatic carbocycles. The maximum Gasteiger partial charge on any atom is 0.355 e. The van der Waals surface area contributed by atoms with Gasteiger partial charge in [0.25, 0.3) is 5.91 Å². The third-order valence-corrected chi connectivity index (χ3v) is 3.95. The fourth-order valence-corrected chi connectivity index (χ4v) is 3.12. The van der Waals surface area contributed by atoms with E-state index in [1.54, 1.807) is 0 Å². The quantitative estimate of drug-likeness (QED) is 0.884. The van der Waals surface area contributed by atoms with Crippen molar-refractivity contribution in [1.82, 2.24) is 4.98 Å². The summed E-state index contributed by atoms with van der Waals surface area (Å²) in [4.78, 5) is 26.6. The number of carbonyl (C=O) groups excluding carboxylic acids is 1. The van der Waals surface area contributed by atoms with Crippen LogP contribution >= 0.6 is 27.3 Å². The van der Waals surface area contributed by atoms with Gasteiger partial charge in [-0.3, -0.25) is 4.79 Å². The number of anilines is 1. The van der Waals surface area contributed by atoms with Crippen molar-refractivity contribution in [3.05, 3.63) is 43.8 Å². The molecule has 104 valence electrons. The molecule has 2 aromatic rings. The molecule has 1 heterocycles. The van der Waals surface area contributed by atoms with Crippen LogP contribution in [0.25, 0.3) is 0 Å². The Morgan fingerprint density at radius 2 is 1.90 bits per heavy atom. The molecule has 0 atom stereocenters. The van der Waals surface area contributed by atoms with Gasteiger partial charge in [-0.05, 0) is 37.1 Å². The summed E-state index contributed by atoms with van der Waals surface area (Å²) in [5.41, 5.74) is 2.43. The fraction of sp³-hybridized carbons (Fsp3) is 0.154. The lowest BCUT2D eigenvalue weighted by atomic mass is 10.1. The zero-order valence-electron chi connectivity index (χ0n) is 10.7. The highest BCUT2D eigenvalue weighted by Gasteiger charge is 2.16. The van der Waals surface area contributed by atoms with E-state index in [-0.39, 0.29) is 10.7 Å². The molecule has 0 bridgehead atoms. The largest absolute Gasteiger partial charge is 0.476 e. The normalized spacial score (nSPS) is 10.3. The molecule has 1 aromatic heterocycles. The smallest absolute Gasteiger partial charge is 0.355 e. The van der Waals surface area contributed by atoms with Crippen LogP contribution in [0.15, 0.2) is 22.0 Å². The second-order valence-electron chi connectivity index (χ2n) is 4.21. The third kappa shape index (κ3) is 3.05. The monoisotopic (exact) mass is 354 g/mol. The van der Waals surface area contributed by atoms with Crippen LogP contribution in [-0.2, 0) is 0 Å². The van der Waals surface area contributed by atoms with Gasteiger partial charge in [-0.25, -0.2) is 9.78 Å². The first kappa shape index (κ1) is 14.7. The van der Waals surface area contributed by atoms with Gasteiger partial charge in [0.2, 0.25) is 0 Å². The van der Waals surface area contributed by atoms with Crippen LogP contribution in [0.3, 0.4) is 0 Å². The Labute approximate surface area is 127 Å².